The Morgan fingerprint density at radius 3 is 2.34 bits per heavy atom. The molecule has 2 aromatic carbocycles. The minimum atomic E-state index is -1.05. The number of benzene rings is 2. The van der Waals surface area contributed by atoms with E-state index in [-0.39, 0.29) is 37.9 Å². The van der Waals surface area contributed by atoms with Crippen molar-refractivity contribution < 1.29 is 29.3 Å². The molecule has 0 bridgehead atoms. The van der Waals surface area contributed by atoms with E-state index in [9.17, 15) is 19.5 Å². The van der Waals surface area contributed by atoms with Crippen molar-refractivity contribution in [2.75, 3.05) is 26.3 Å². The van der Waals surface area contributed by atoms with Gasteiger partial charge >= 0.3 is 12.1 Å². The SMILES string of the molecule is CC1(CO)CCCN(C(=O)C(CCC(=O)O)NC(=O)OCC2c3ccccc3-c3ccccc32)C1. The third-order valence-corrected chi connectivity index (χ3v) is 7.06. The van der Waals surface area contributed by atoms with E-state index in [1.54, 1.807) is 4.90 Å². The monoisotopic (exact) mass is 480 g/mol. The van der Waals surface area contributed by atoms with Crippen LogP contribution in [0.15, 0.2) is 48.5 Å². The van der Waals surface area contributed by atoms with Gasteiger partial charge in [-0.3, -0.25) is 9.59 Å². The van der Waals surface area contributed by atoms with Gasteiger partial charge in [0.2, 0.25) is 5.91 Å². The number of amides is 2. The van der Waals surface area contributed by atoms with Crippen molar-refractivity contribution in [2.24, 2.45) is 5.41 Å². The highest BCUT2D eigenvalue weighted by Crippen LogP contribution is 2.44. The molecule has 1 saturated heterocycles. The van der Waals surface area contributed by atoms with E-state index < -0.39 is 23.5 Å². The second kappa shape index (κ2) is 10.5. The van der Waals surface area contributed by atoms with Crippen molar-refractivity contribution in [3.8, 4) is 11.1 Å². The summed E-state index contributed by atoms with van der Waals surface area (Å²) in [6, 6.07) is 15.0. The van der Waals surface area contributed by atoms with Gasteiger partial charge in [0.1, 0.15) is 12.6 Å². The zero-order valence-electron chi connectivity index (χ0n) is 19.9. The Morgan fingerprint density at radius 1 is 1.11 bits per heavy atom. The van der Waals surface area contributed by atoms with Crippen LogP contribution in [0.5, 0.6) is 0 Å². The molecule has 0 radical (unpaired) electrons. The molecule has 0 saturated carbocycles. The minimum absolute atomic E-state index is 0.0370. The van der Waals surface area contributed by atoms with Crippen molar-refractivity contribution >= 4 is 18.0 Å². The first kappa shape index (κ1) is 24.7. The number of nitrogens with one attached hydrogen (secondary N) is 1. The number of aliphatic carboxylic acids is 1. The summed E-state index contributed by atoms with van der Waals surface area (Å²) in [7, 11) is 0. The first-order chi connectivity index (χ1) is 16.8. The molecule has 2 aliphatic rings. The van der Waals surface area contributed by atoms with E-state index in [1.807, 2.05) is 55.5 Å². The summed E-state index contributed by atoms with van der Waals surface area (Å²) < 4.78 is 5.57. The van der Waals surface area contributed by atoms with E-state index in [1.165, 1.54) is 0 Å². The number of aliphatic hydroxyl groups is 1. The number of hydrogen-bond donors (Lipinski definition) is 3. The molecule has 2 amide bonds. The molecular formula is C27H32N2O6. The number of hydrogen-bond acceptors (Lipinski definition) is 5. The van der Waals surface area contributed by atoms with Crippen LogP contribution in [0.25, 0.3) is 11.1 Å². The smallest absolute Gasteiger partial charge is 0.407 e. The summed E-state index contributed by atoms with van der Waals surface area (Å²) in [4.78, 5) is 38.8. The first-order valence-electron chi connectivity index (χ1n) is 12.0. The zero-order chi connectivity index (χ0) is 25.0. The largest absolute Gasteiger partial charge is 0.481 e. The topological polar surface area (TPSA) is 116 Å². The third kappa shape index (κ3) is 5.48. The van der Waals surface area contributed by atoms with Crippen molar-refractivity contribution in [3.63, 3.8) is 0 Å². The van der Waals surface area contributed by atoms with Gasteiger partial charge in [0.25, 0.3) is 0 Å². The van der Waals surface area contributed by atoms with Crippen LogP contribution in [0.2, 0.25) is 0 Å². The number of fused-ring (bicyclic) bond motifs is 3. The normalized spacial score (nSPS) is 20.0. The third-order valence-electron chi connectivity index (χ3n) is 7.06. The molecule has 8 heteroatoms. The number of piperidine rings is 1. The highest BCUT2D eigenvalue weighted by molar-refractivity contribution is 5.86. The number of carboxylic acid groups (broad SMARTS) is 1. The van der Waals surface area contributed by atoms with Crippen LogP contribution in [-0.4, -0.2) is 65.4 Å². The summed E-state index contributed by atoms with van der Waals surface area (Å²) in [5.41, 5.74) is 3.98. The van der Waals surface area contributed by atoms with Gasteiger partial charge in [-0.05, 0) is 41.5 Å². The molecule has 1 heterocycles. The van der Waals surface area contributed by atoms with Gasteiger partial charge in [-0.1, -0.05) is 55.5 Å². The van der Waals surface area contributed by atoms with Crippen LogP contribution in [-0.2, 0) is 14.3 Å². The summed E-state index contributed by atoms with van der Waals surface area (Å²) in [5, 5.41) is 21.5. The lowest BCUT2D eigenvalue weighted by Crippen LogP contribution is -2.54. The average Bonchev–Trinajstić information content (AvgIpc) is 3.18. The Kier molecular flexibility index (Phi) is 7.40. The number of carbonyl (C=O) groups is 3. The molecule has 1 fully saturated rings. The summed E-state index contributed by atoms with van der Waals surface area (Å²) >= 11 is 0. The number of ether oxygens (including phenoxy) is 1. The van der Waals surface area contributed by atoms with Crippen LogP contribution in [0.4, 0.5) is 4.79 Å². The predicted octanol–water partition coefficient (Wildman–Crippen LogP) is 3.38. The van der Waals surface area contributed by atoms with E-state index in [0.717, 1.165) is 35.1 Å². The van der Waals surface area contributed by atoms with Gasteiger partial charge in [-0.15, -0.1) is 0 Å². The lowest BCUT2D eigenvalue weighted by atomic mass is 9.82. The van der Waals surface area contributed by atoms with Crippen LogP contribution >= 0.6 is 0 Å². The molecule has 4 rings (SSSR count). The molecule has 2 atom stereocenters. The minimum Gasteiger partial charge on any atom is -0.481 e. The zero-order valence-corrected chi connectivity index (χ0v) is 19.9. The molecule has 0 aromatic heterocycles. The lowest BCUT2D eigenvalue weighted by molar-refractivity contribution is -0.139. The Labute approximate surface area is 204 Å². The Bertz CT molecular complexity index is 1060. The number of carbonyl (C=O) groups excluding carboxylic acids is 2. The van der Waals surface area contributed by atoms with Crippen molar-refractivity contribution in [1.82, 2.24) is 10.2 Å². The van der Waals surface area contributed by atoms with Crippen LogP contribution in [0.1, 0.15) is 49.7 Å². The highest BCUT2D eigenvalue weighted by atomic mass is 16.5. The molecular weight excluding hydrogens is 448 g/mol. The van der Waals surface area contributed by atoms with Gasteiger partial charge in [-0.25, -0.2) is 4.79 Å². The molecule has 0 spiro atoms. The molecule has 8 nitrogen and oxygen atoms in total. The van der Waals surface area contributed by atoms with Gasteiger partial charge in [0.05, 0.1) is 6.61 Å². The number of rotatable bonds is 8. The maximum Gasteiger partial charge on any atom is 0.407 e. The molecule has 35 heavy (non-hydrogen) atoms. The van der Waals surface area contributed by atoms with Gasteiger partial charge in [0, 0.05) is 30.8 Å². The molecule has 2 unspecified atom stereocenters. The average molecular weight is 481 g/mol. The number of aliphatic hydroxyl groups excluding tert-OH is 1. The quantitative estimate of drug-likeness (QED) is 0.533. The molecule has 1 aliphatic heterocycles. The van der Waals surface area contributed by atoms with Crippen LogP contribution in [0, 0.1) is 5.41 Å². The number of nitrogens with zero attached hydrogens (tertiary/aromatic N) is 1. The molecule has 186 valence electrons. The van der Waals surface area contributed by atoms with E-state index in [2.05, 4.69) is 5.32 Å². The summed E-state index contributed by atoms with van der Waals surface area (Å²) in [6.07, 6.45) is 0.486. The fourth-order valence-electron chi connectivity index (χ4n) is 5.16. The van der Waals surface area contributed by atoms with Crippen LogP contribution < -0.4 is 5.32 Å². The Morgan fingerprint density at radius 2 is 1.74 bits per heavy atom. The van der Waals surface area contributed by atoms with E-state index in [0.29, 0.717) is 13.1 Å². The molecule has 2 aromatic rings. The van der Waals surface area contributed by atoms with Crippen LogP contribution in [0.3, 0.4) is 0 Å². The molecule has 3 N–H and O–H groups in total. The summed E-state index contributed by atoms with van der Waals surface area (Å²) in [6.45, 7) is 2.84. The number of carboxylic acids is 1. The maximum absolute atomic E-state index is 13.2. The second-order valence-corrected chi connectivity index (χ2v) is 9.79. The highest BCUT2D eigenvalue weighted by Gasteiger charge is 2.36. The standard InChI is InChI=1S/C27H32N2O6/c1-27(17-30)13-6-14-29(16-27)25(33)23(11-12-24(31)32)28-26(34)35-15-22-20-9-4-2-7-18(20)19-8-3-5-10-21(19)22/h2-5,7-10,22-23,30H,6,11-17H2,1H3,(H,28,34)(H,31,32). The van der Waals surface area contributed by atoms with Gasteiger partial charge < -0.3 is 25.2 Å². The maximum atomic E-state index is 13.2. The fraction of sp³-hybridized carbons (Fsp3) is 0.444. The first-order valence-corrected chi connectivity index (χ1v) is 12.0. The van der Waals surface area contributed by atoms with Crippen molar-refractivity contribution in [1.29, 1.82) is 0 Å². The second-order valence-electron chi connectivity index (χ2n) is 9.79. The van der Waals surface area contributed by atoms with Gasteiger partial charge in [-0.2, -0.15) is 0 Å². The lowest BCUT2D eigenvalue weighted by Gasteiger charge is -2.40. The fourth-order valence-corrected chi connectivity index (χ4v) is 5.16. The van der Waals surface area contributed by atoms with E-state index in [4.69, 9.17) is 9.84 Å². The van der Waals surface area contributed by atoms with E-state index >= 15 is 0 Å². The Hall–Kier alpha value is -3.39. The number of likely N-dealkylation sites (tertiary alicyclic amines) is 1. The molecule has 1 aliphatic carbocycles. The Balaban J connectivity index is 1.43. The van der Waals surface area contributed by atoms with Crippen molar-refractivity contribution in [2.45, 2.75) is 44.6 Å². The predicted molar refractivity (Wildman–Crippen MR) is 130 cm³/mol. The van der Waals surface area contributed by atoms with Crippen molar-refractivity contribution in [3.05, 3.63) is 59.7 Å². The van der Waals surface area contributed by atoms with Gasteiger partial charge in [0.15, 0.2) is 0 Å². The number of alkyl carbamates (subject to hydrolysis) is 1. The summed E-state index contributed by atoms with van der Waals surface area (Å²) in [5.74, 6) is -1.51.